The third kappa shape index (κ3) is 3.62. The molecule has 3 fully saturated rings. The third-order valence-electron chi connectivity index (χ3n) is 9.98. The Morgan fingerprint density at radius 2 is 1.75 bits per heavy atom. The van der Waals surface area contributed by atoms with Crippen LogP contribution in [0.5, 0.6) is 0 Å². The van der Waals surface area contributed by atoms with Crippen molar-refractivity contribution in [3.05, 3.63) is 47.0 Å². The van der Waals surface area contributed by atoms with Gasteiger partial charge in [-0.05, 0) is 37.1 Å². The molecule has 2 saturated carbocycles. The molecule has 2 bridgehead atoms. The smallest absolute Gasteiger partial charge is 0.338 e. The minimum absolute atomic E-state index is 0.0411. The Hall–Kier alpha value is -2.92. The van der Waals surface area contributed by atoms with Crippen molar-refractivity contribution in [1.29, 1.82) is 0 Å². The van der Waals surface area contributed by atoms with E-state index in [4.69, 9.17) is 18.9 Å². The summed E-state index contributed by atoms with van der Waals surface area (Å²) in [4.78, 5) is 54.2. The monoisotopic (exact) mass is 556 g/mol. The predicted molar refractivity (Wildman–Crippen MR) is 139 cm³/mol. The van der Waals surface area contributed by atoms with E-state index in [0.29, 0.717) is 0 Å². The number of fused-ring (bicyclic) bond motifs is 5. The average molecular weight is 557 g/mol. The zero-order valence-corrected chi connectivity index (χ0v) is 23.6. The van der Waals surface area contributed by atoms with Crippen LogP contribution in [0.4, 0.5) is 0 Å². The number of methoxy groups -OCH3 is 1. The van der Waals surface area contributed by atoms with E-state index in [0.717, 1.165) is 0 Å². The van der Waals surface area contributed by atoms with Gasteiger partial charge in [-0.2, -0.15) is 0 Å². The Morgan fingerprint density at radius 3 is 2.30 bits per heavy atom. The van der Waals surface area contributed by atoms with Crippen LogP contribution in [-0.4, -0.2) is 83.1 Å². The molecular weight excluding hydrogens is 520 g/mol. The number of carbonyl (C=O) groups is 4. The predicted octanol–water partition coefficient (Wildman–Crippen LogP) is 1.94. The van der Waals surface area contributed by atoms with Gasteiger partial charge in [-0.25, -0.2) is 4.79 Å². The molecular formula is C30H36O10. The molecule has 1 heterocycles. The molecule has 4 aliphatic rings. The van der Waals surface area contributed by atoms with E-state index in [9.17, 15) is 29.4 Å². The molecule has 10 heteroatoms. The number of benzene rings is 1. The number of ketones is 2. The van der Waals surface area contributed by atoms with Gasteiger partial charge in [0.2, 0.25) is 0 Å². The van der Waals surface area contributed by atoms with Crippen molar-refractivity contribution in [2.45, 2.75) is 83.1 Å². The van der Waals surface area contributed by atoms with Crippen LogP contribution < -0.4 is 0 Å². The highest BCUT2D eigenvalue weighted by Gasteiger charge is 2.78. The summed E-state index contributed by atoms with van der Waals surface area (Å²) in [6.45, 7) is 7.52. The fraction of sp³-hybridized carbons (Fsp3) is 0.600. The lowest BCUT2D eigenvalue weighted by Gasteiger charge is -2.67. The molecule has 1 unspecified atom stereocenters. The topological polar surface area (TPSA) is 146 Å². The van der Waals surface area contributed by atoms with E-state index in [-0.39, 0.29) is 29.7 Å². The van der Waals surface area contributed by atoms with Gasteiger partial charge in [0, 0.05) is 32.3 Å². The number of rotatable bonds is 4. The molecule has 1 saturated heterocycles. The van der Waals surface area contributed by atoms with Gasteiger partial charge in [-0.1, -0.05) is 32.0 Å². The first kappa shape index (κ1) is 28.6. The molecule has 0 spiro atoms. The Bertz CT molecular complexity index is 1300. The molecule has 0 aromatic heterocycles. The molecule has 2 N–H and O–H groups in total. The fourth-order valence-corrected chi connectivity index (χ4v) is 7.67. The van der Waals surface area contributed by atoms with Crippen LogP contribution in [0.25, 0.3) is 0 Å². The van der Waals surface area contributed by atoms with Gasteiger partial charge in [-0.3, -0.25) is 14.4 Å². The van der Waals surface area contributed by atoms with E-state index in [1.807, 2.05) is 0 Å². The lowest BCUT2D eigenvalue weighted by Crippen LogP contribution is -2.81. The van der Waals surface area contributed by atoms with E-state index >= 15 is 0 Å². The quantitative estimate of drug-likeness (QED) is 0.528. The van der Waals surface area contributed by atoms with Gasteiger partial charge in [0.25, 0.3) is 0 Å². The molecule has 8 atom stereocenters. The van der Waals surface area contributed by atoms with E-state index < -0.39 is 82.3 Å². The van der Waals surface area contributed by atoms with Crippen molar-refractivity contribution >= 4 is 23.5 Å². The van der Waals surface area contributed by atoms with Crippen molar-refractivity contribution in [2.75, 3.05) is 13.7 Å². The lowest BCUT2D eigenvalue weighted by atomic mass is 9.44. The van der Waals surface area contributed by atoms with Gasteiger partial charge in [0.05, 0.1) is 29.6 Å². The van der Waals surface area contributed by atoms with Crippen LogP contribution in [0.1, 0.15) is 57.8 Å². The second-order valence-corrected chi connectivity index (χ2v) is 12.2. The van der Waals surface area contributed by atoms with Crippen molar-refractivity contribution in [1.82, 2.24) is 0 Å². The summed E-state index contributed by atoms with van der Waals surface area (Å²) >= 11 is 0. The van der Waals surface area contributed by atoms with E-state index in [2.05, 4.69) is 0 Å². The highest BCUT2D eigenvalue weighted by molar-refractivity contribution is 6.02. The summed E-state index contributed by atoms with van der Waals surface area (Å²) in [5.74, 6) is -3.76. The van der Waals surface area contributed by atoms with Crippen LogP contribution in [0, 0.1) is 16.7 Å². The Morgan fingerprint density at radius 1 is 1.10 bits per heavy atom. The molecule has 0 radical (unpaired) electrons. The minimum atomic E-state index is -2.09. The Balaban J connectivity index is 1.83. The van der Waals surface area contributed by atoms with Gasteiger partial charge >= 0.3 is 11.9 Å². The Labute approximate surface area is 232 Å². The van der Waals surface area contributed by atoms with Crippen LogP contribution in [0.3, 0.4) is 0 Å². The molecule has 3 aliphatic carbocycles. The number of hydrogen-bond donors (Lipinski definition) is 2. The second kappa shape index (κ2) is 9.30. The van der Waals surface area contributed by atoms with Gasteiger partial charge in [-0.15, -0.1) is 0 Å². The van der Waals surface area contributed by atoms with Crippen LogP contribution in [-0.2, 0) is 33.3 Å². The second-order valence-electron chi connectivity index (χ2n) is 12.2. The summed E-state index contributed by atoms with van der Waals surface area (Å²) in [7, 11) is 1.33. The summed E-state index contributed by atoms with van der Waals surface area (Å²) in [5.41, 5.74) is -5.97. The number of aliphatic hydroxyl groups excluding tert-OH is 1. The summed E-state index contributed by atoms with van der Waals surface area (Å²) < 4.78 is 23.6. The number of carbonyl (C=O) groups excluding carboxylic acids is 4. The van der Waals surface area contributed by atoms with Gasteiger partial charge in [0.15, 0.2) is 17.2 Å². The maximum Gasteiger partial charge on any atom is 0.338 e. The van der Waals surface area contributed by atoms with Crippen LogP contribution in [0.2, 0.25) is 0 Å². The third-order valence-corrected chi connectivity index (χ3v) is 9.98. The van der Waals surface area contributed by atoms with E-state index in [1.54, 1.807) is 51.1 Å². The maximum absolute atomic E-state index is 14.6. The van der Waals surface area contributed by atoms with E-state index in [1.165, 1.54) is 21.0 Å². The first-order valence-electron chi connectivity index (χ1n) is 13.5. The molecule has 10 nitrogen and oxygen atoms in total. The molecule has 0 amide bonds. The first-order valence-corrected chi connectivity index (χ1v) is 13.5. The van der Waals surface area contributed by atoms with Gasteiger partial charge in [0.1, 0.15) is 23.9 Å². The number of allylic oxidation sites excluding steroid dienone is 1. The zero-order chi connectivity index (χ0) is 29.4. The van der Waals surface area contributed by atoms with Crippen LogP contribution >= 0.6 is 0 Å². The molecule has 40 heavy (non-hydrogen) atoms. The highest BCUT2D eigenvalue weighted by atomic mass is 16.6. The van der Waals surface area contributed by atoms with Crippen molar-refractivity contribution in [2.24, 2.45) is 16.7 Å². The zero-order valence-electron chi connectivity index (χ0n) is 23.6. The summed E-state index contributed by atoms with van der Waals surface area (Å²) in [5, 5.41) is 24.3. The van der Waals surface area contributed by atoms with Crippen molar-refractivity contribution in [3.63, 3.8) is 0 Å². The summed E-state index contributed by atoms with van der Waals surface area (Å²) in [6.07, 6.45) is -5.52. The summed E-state index contributed by atoms with van der Waals surface area (Å²) in [6, 6.07) is 8.12. The normalized spacial score (nSPS) is 40.1. The van der Waals surface area contributed by atoms with Crippen molar-refractivity contribution < 1.29 is 48.3 Å². The fourth-order valence-electron chi connectivity index (χ4n) is 7.67. The molecule has 1 aromatic rings. The molecule has 5 rings (SSSR count). The highest BCUT2D eigenvalue weighted by Crippen LogP contribution is 2.63. The number of hydrogen-bond acceptors (Lipinski definition) is 10. The van der Waals surface area contributed by atoms with Crippen LogP contribution in [0.15, 0.2) is 41.5 Å². The number of Topliss-reactive ketones (excluding diaryl/α,β-unsaturated/α-hetero) is 2. The largest absolute Gasteiger partial charge is 0.455 e. The number of ether oxygens (including phenoxy) is 4. The standard InChI is InChI=1S/C30H36O10/c1-15-18(32)13-30(36)25(39-26(35)17-10-8-7-9-11-17)23-28(5,24(34)22(37-6)21(15)27(30,3)4)19(33)12-20-29(23,14-38-20)40-16(2)31/h7-11,19-20,22-23,25,33,36H,12-14H2,1-6H3/t19-,20+,22+,23?,25-,28+,29-,30+/m0/s1. The average Bonchev–Trinajstić information content (AvgIpc) is 2.89. The first-order chi connectivity index (χ1) is 18.7. The minimum Gasteiger partial charge on any atom is -0.455 e. The SMILES string of the molecule is CO[C@H]1C(=O)[C@@]2(C)C([C@H](OC(=O)c3ccccc3)[C@]3(O)CC(=O)C(C)=C1C3(C)C)[C@]1(OC(C)=O)CO[C@@H]1C[C@@H]2O. The Kier molecular flexibility index (Phi) is 6.65. The molecule has 1 aliphatic heterocycles. The number of aliphatic hydroxyl groups is 2. The van der Waals surface area contributed by atoms with Crippen molar-refractivity contribution in [3.8, 4) is 0 Å². The lowest BCUT2D eigenvalue weighted by molar-refractivity contribution is -0.344. The maximum atomic E-state index is 14.6. The number of esters is 2. The van der Waals surface area contributed by atoms with Gasteiger partial charge < -0.3 is 29.2 Å². The molecule has 1 aromatic carbocycles. The molecule has 216 valence electrons.